The standard InChI is InChI=1S/C20H18ClN3O2/c1-25-19-8-6-13(10-15(19)21)18-9-7-14(26-18)11-22-12-20-23-16-4-2-3-5-17(16)24-20/h2-10,22H,11-12H2,1H3,(H,23,24). The maximum atomic E-state index is 6.18. The van der Waals surface area contributed by atoms with Crippen molar-refractivity contribution in [1.29, 1.82) is 0 Å². The third-order valence-corrected chi connectivity index (χ3v) is 4.42. The molecule has 0 spiro atoms. The van der Waals surface area contributed by atoms with Gasteiger partial charge in [0.25, 0.3) is 0 Å². The zero-order valence-corrected chi connectivity index (χ0v) is 15.0. The summed E-state index contributed by atoms with van der Waals surface area (Å²) in [7, 11) is 1.60. The lowest BCUT2D eigenvalue weighted by atomic mass is 10.2. The van der Waals surface area contributed by atoms with Crippen molar-refractivity contribution in [2.75, 3.05) is 7.11 Å². The van der Waals surface area contributed by atoms with Crippen molar-refractivity contribution < 1.29 is 9.15 Å². The van der Waals surface area contributed by atoms with Crippen LogP contribution in [-0.4, -0.2) is 17.1 Å². The number of ether oxygens (including phenoxy) is 1. The number of rotatable bonds is 6. The molecule has 2 aromatic carbocycles. The van der Waals surface area contributed by atoms with E-state index in [1.807, 2.05) is 54.6 Å². The number of aromatic nitrogens is 2. The molecule has 0 unspecified atom stereocenters. The van der Waals surface area contributed by atoms with Gasteiger partial charge in [-0.25, -0.2) is 4.98 Å². The van der Waals surface area contributed by atoms with Crippen molar-refractivity contribution in [3.05, 3.63) is 71.2 Å². The quantitative estimate of drug-likeness (QED) is 0.515. The van der Waals surface area contributed by atoms with Crippen molar-refractivity contribution in [3.8, 4) is 17.1 Å². The average Bonchev–Trinajstić information content (AvgIpc) is 3.28. The van der Waals surface area contributed by atoms with E-state index >= 15 is 0 Å². The van der Waals surface area contributed by atoms with Gasteiger partial charge in [0.15, 0.2) is 0 Å². The summed E-state index contributed by atoms with van der Waals surface area (Å²) in [6, 6.07) is 17.5. The van der Waals surface area contributed by atoms with Crippen LogP contribution >= 0.6 is 11.6 Å². The Morgan fingerprint density at radius 1 is 1.12 bits per heavy atom. The highest BCUT2D eigenvalue weighted by atomic mass is 35.5. The lowest BCUT2D eigenvalue weighted by Gasteiger charge is -2.04. The van der Waals surface area contributed by atoms with E-state index in [0.29, 0.717) is 23.9 Å². The first-order valence-electron chi connectivity index (χ1n) is 8.30. The highest BCUT2D eigenvalue weighted by molar-refractivity contribution is 6.32. The van der Waals surface area contributed by atoms with Crippen LogP contribution in [0.1, 0.15) is 11.6 Å². The number of nitrogens with zero attached hydrogens (tertiary/aromatic N) is 1. The highest BCUT2D eigenvalue weighted by Crippen LogP contribution is 2.31. The summed E-state index contributed by atoms with van der Waals surface area (Å²) in [4.78, 5) is 7.85. The summed E-state index contributed by atoms with van der Waals surface area (Å²) in [6.07, 6.45) is 0. The number of para-hydroxylation sites is 2. The highest BCUT2D eigenvalue weighted by Gasteiger charge is 2.08. The van der Waals surface area contributed by atoms with Gasteiger partial charge >= 0.3 is 0 Å². The zero-order valence-electron chi connectivity index (χ0n) is 14.3. The van der Waals surface area contributed by atoms with Crippen LogP contribution in [0.4, 0.5) is 0 Å². The number of imidazole rings is 1. The number of benzene rings is 2. The molecule has 2 heterocycles. The van der Waals surface area contributed by atoms with E-state index in [2.05, 4.69) is 15.3 Å². The smallest absolute Gasteiger partial charge is 0.137 e. The number of methoxy groups -OCH3 is 1. The summed E-state index contributed by atoms with van der Waals surface area (Å²) in [5.41, 5.74) is 2.93. The predicted molar refractivity (Wildman–Crippen MR) is 102 cm³/mol. The Morgan fingerprint density at radius 2 is 2.00 bits per heavy atom. The number of halogens is 1. The van der Waals surface area contributed by atoms with E-state index in [1.165, 1.54) is 0 Å². The first-order valence-corrected chi connectivity index (χ1v) is 8.68. The molecule has 26 heavy (non-hydrogen) atoms. The summed E-state index contributed by atoms with van der Waals surface area (Å²) < 4.78 is 11.1. The Labute approximate surface area is 156 Å². The molecule has 0 amide bonds. The first kappa shape index (κ1) is 16.7. The molecule has 4 rings (SSSR count). The van der Waals surface area contributed by atoms with E-state index < -0.39 is 0 Å². The Kier molecular flexibility index (Phi) is 4.65. The van der Waals surface area contributed by atoms with Gasteiger partial charge in [0, 0.05) is 5.56 Å². The molecule has 4 aromatic rings. The van der Waals surface area contributed by atoms with E-state index in [1.54, 1.807) is 7.11 Å². The summed E-state index contributed by atoms with van der Waals surface area (Å²) in [6.45, 7) is 1.25. The van der Waals surface area contributed by atoms with Gasteiger partial charge in [-0.05, 0) is 42.5 Å². The molecule has 5 nitrogen and oxygen atoms in total. The number of hydrogen-bond donors (Lipinski definition) is 2. The van der Waals surface area contributed by atoms with E-state index in [0.717, 1.165) is 33.9 Å². The normalized spacial score (nSPS) is 11.2. The van der Waals surface area contributed by atoms with E-state index in [4.69, 9.17) is 20.8 Å². The molecule has 0 aliphatic heterocycles. The largest absolute Gasteiger partial charge is 0.495 e. The Bertz CT molecular complexity index is 1010. The first-order chi connectivity index (χ1) is 12.7. The fourth-order valence-corrected chi connectivity index (χ4v) is 3.10. The van der Waals surface area contributed by atoms with Crippen LogP contribution in [0.5, 0.6) is 5.75 Å². The molecule has 0 atom stereocenters. The molecular weight excluding hydrogens is 350 g/mol. The minimum absolute atomic E-state index is 0.561. The molecule has 0 aliphatic carbocycles. The average molecular weight is 368 g/mol. The maximum Gasteiger partial charge on any atom is 0.137 e. The molecule has 2 aromatic heterocycles. The molecule has 6 heteroatoms. The van der Waals surface area contributed by atoms with Crippen molar-refractivity contribution >= 4 is 22.6 Å². The minimum Gasteiger partial charge on any atom is -0.495 e. The summed E-state index contributed by atoms with van der Waals surface area (Å²) in [5.74, 6) is 3.17. The molecule has 0 bridgehead atoms. The third-order valence-electron chi connectivity index (χ3n) is 4.13. The van der Waals surface area contributed by atoms with Crippen LogP contribution in [-0.2, 0) is 13.1 Å². The fourth-order valence-electron chi connectivity index (χ4n) is 2.84. The molecular formula is C20H18ClN3O2. The lowest BCUT2D eigenvalue weighted by molar-refractivity contribution is 0.415. The molecule has 0 saturated heterocycles. The maximum absolute atomic E-state index is 6.18. The van der Waals surface area contributed by atoms with E-state index in [9.17, 15) is 0 Å². The molecule has 0 aliphatic rings. The van der Waals surface area contributed by atoms with Crippen molar-refractivity contribution in [1.82, 2.24) is 15.3 Å². The molecule has 0 saturated carbocycles. The molecule has 0 radical (unpaired) electrons. The zero-order chi connectivity index (χ0) is 17.9. The van der Waals surface area contributed by atoms with Crippen LogP contribution < -0.4 is 10.1 Å². The van der Waals surface area contributed by atoms with Gasteiger partial charge in [0.1, 0.15) is 23.1 Å². The Morgan fingerprint density at radius 3 is 2.81 bits per heavy atom. The number of fused-ring (bicyclic) bond motifs is 1. The molecule has 2 N–H and O–H groups in total. The second-order valence-corrected chi connectivity index (χ2v) is 6.33. The Balaban J connectivity index is 1.39. The van der Waals surface area contributed by atoms with Gasteiger partial charge in [-0.1, -0.05) is 23.7 Å². The number of hydrogen-bond acceptors (Lipinski definition) is 4. The van der Waals surface area contributed by atoms with Gasteiger partial charge in [-0.15, -0.1) is 0 Å². The fraction of sp³-hybridized carbons (Fsp3) is 0.150. The minimum atomic E-state index is 0.561. The van der Waals surface area contributed by atoms with Gasteiger partial charge in [0.2, 0.25) is 0 Å². The van der Waals surface area contributed by atoms with Gasteiger partial charge in [0.05, 0.1) is 36.3 Å². The lowest BCUT2D eigenvalue weighted by Crippen LogP contribution is -2.13. The van der Waals surface area contributed by atoms with Gasteiger partial charge in [-0.2, -0.15) is 0 Å². The van der Waals surface area contributed by atoms with Gasteiger partial charge in [-0.3, -0.25) is 0 Å². The van der Waals surface area contributed by atoms with E-state index in [-0.39, 0.29) is 0 Å². The van der Waals surface area contributed by atoms with Crippen LogP contribution in [0, 0.1) is 0 Å². The van der Waals surface area contributed by atoms with Crippen LogP contribution in [0.25, 0.3) is 22.4 Å². The van der Waals surface area contributed by atoms with Crippen LogP contribution in [0.15, 0.2) is 59.0 Å². The summed E-state index contributed by atoms with van der Waals surface area (Å²) >= 11 is 6.18. The van der Waals surface area contributed by atoms with Gasteiger partial charge < -0.3 is 19.5 Å². The van der Waals surface area contributed by atoms with Crippen molar-refractivity contribution in [2.24, 2.45) is 0 Å². The predicted octanol–water partition coefficient (Wildman–Crippen LogP) is 4.77. The number of furan rings is 1. The van der Waals surface area contributed by atoms with Crippen molar-refractivity contribution in [3.63, 3.8) is 0 Å². The number of aromatic amines is 1. The topological polar surface area (TPSA) is 63.1 Å². The molecule has 0 fully saturated rings. The summed E-state index contributed by atoms with van der Waals surface area (Å²) in [5, 5.41) is 3.90. The second kappa shape index (κ2) is 7.23. The Hall–Kier alpha value is -2.76. The van der Waals surface area contributed by atoms with Crippen LogP contribution in [0.2, 0.25) is 5.02 Å². The number of nitrogens with one attached hydrogen (secondary N) is 2. The molecule has 132 valence electrons. The SMILES string of the molecule is COc1ccc(-c2ccc(CNCc3nc4ccccc4[nH]3)o2)cc1Cl. The van der Waals surface area contributed by atoms with Crippen molar-refractivity contribution in [2.45, 2.75) is 13.1 Å². The number of H-pyrrole nitrogens is 1. The third kappa shape index (κ3) is 3.45. The second-order valence-electron chi connectivity index (χ2n) is 5.92. The monoisotopic (exact) mass is 367 g/mol. The van der Waals surface area contributed by atoms with Crippen LogP contribution in [0.3, 0.4) is 0 Å².